The van der Waals surface area contributed by atoms with Crippen molar-refractivity contribution in [3.8, 4) is 11.3 Å². The summed E-state index contributed by atoms with van der Waals surface area (Å²) in [5.74, 6) is 0. The highest BCUT2D eigenvalue weighted by molar-refractivity contribution is 5.80. The van der Waals surface area contributed by atoms with Crippen LogP contribution in [0.3, 0.4) is 0 Å². The van der Waals surface area contributed by atoms with E-state index < -0.39 is 0 Å². The van der Waals surface area contributed by atoms with Crippen LogP contribution >= 0.6 is 0 Å². The summed E-state index contributed by atoms with van der Waals surface area (Å²) in [6.45, 7) is 16.6. The molecule has 0 aliphatic rings. The minimum absolute atomic E-state index is 0.0123. The fraction of sp³-hybridized carbons (Fsp3) is 0.346. The first-order valence-corrected chi connectivity index (χ1v) is 10.6. The van der Waals surface area contributed by atoms with Crippen LogP contribution in [0.1, 0.15) is 48.9 Å². The van der Waals surface area contributed by atoms with Gasteiger partial charge in [0.2, 0.25) is 0 Å². The third kappa shape index (κ3) is 3.87. The van der Waals surface area contributed by atoms with E-state index in [2.05, 4.69) is 76.4 Å². The van der Waals surface area contributed by atoms with Crippen molar-refractivity contribution in [2.24, 2.45) is 0 Å². The molecule has 3 nitrogen and oxygen atoms in total. The number of rotatable bonds is 7. The van der Waals surface area contributed by atoms with Gasteiger partial charge in [0.05, 0.1) is 16.9 Å². The molecule has 3 aromatic rings. The molecule has 29 heavy (non-hydrogen) atoms. The largest absolute Gasteiger partial charge is 0.370 e. The van der Waals surface area contributed by atoms with Gasteiger partial charge in [-0.25, -0.2) is 0 Å². The Morgan fingerprint density at radius 3 is 2.17 bits per heavy atom. The van der Waals surface area contributed by atoms with Gasteiger partial charge in [-0.15, -0.1) is 0 Å². The first kappa shape index (κ1) is 20.9. The van der Waals surface area contributed by atoms with Gasteiger partial charge in [-0.1, -0.05) is 50.3 Å². The van der Waals surface area contributed by atoms with E-state index in [9.17, 15) is 4.79 Å². The van der Waals surface area contributed by atoms with Crippen molar-refractivity contribution in [3.63, 3.8) is 0 Å². The first-order valence-electron chi connectivity index (χ1n) is 10.6. The molecule has 0 amide bonds. The Hall–Kier alpha value is -2.81. The third-order valence-corrected chi connectivity index (χ3v) is 5.48. The second-order valence-electron chi connectivity index (χ2n) is 7.89. The Bertz CT molecular complexity index is 1080. The van der Waals surface area contributed by atoms with Crippen molar-refractivity contribution in [1.82, 2.24) is 4.40 Å². The summed E-state index contributed by atoms with van der Waals surface area (Å²) in [6.07, 6.45) is 3.80. The molecule has 2 aromatic heterocycles. The van der Waals surface area contributed by atoms with Crippen LogP contribution in [0.15, 0.2) is 47.8 Å². The molecule has 0 aliphatic heterocycles. The Morgan fingerprint density at radius 1 is 1.00 bits per heavy atom. The van der Waals surface area contributed by atoms with Gasteiger partial charge < -0.3 is 4.90 Å². The van der Waals surface area contributed by atoms with Crippen molar-refractivity contribution < 1.29 is 0 Å². The molecule has 0 radical (unpaired) electrons. The zero-order valence-corrected chi connectivity index (χ0v) is 18.4. The highest BCUT2D eigenvalue weighted by Gasteiger charge is 2.17. The molecule has 1 aromatic carbocycles. The first-order chi connectivity index (χ1) is 13.9. The van der Waals surface area contributed by atoms with Crippen molar-refractivity contribution in [3.05, 3.63) is 75.6 Å². The fourth-order valence-electron chi connectivity index (χ4n) is 4.41. The number of fused-ring (bicyclic) bond motifs is 1. The number of aromatic nitrogens is 1. The van der Waals surface area contributed by atoms with Crippen LogP contribution in [0, 0.1) is 20.8 Å². The molecule has 2 heterocycles. The van der Waals surface area contributed by atoms with Crippen LogP contribution in [0.2, 0.25) is 0 Å². The summed E-state index contributed by atoms with van der Waals surface area (Å²) in [6, 6.07) is 12.6. The average Bonchev–Trinajstić information content (AvgIpc) is 2.67. The standard InChI is InChI=1S/C26H32N2O/c1-7-13-27(14-8-2)24-17-21(9-3)26(29)28-22(24)11-10-12-23(28)25-19(5)15-18(4)16-20(25)6/h9-12,15-17H,3,7-8,13-14H2,1-2,4-6H3. The Morgan fingerprint density at radius 2 is 1.62 bits per heavy atom. The predicted octanol–water partition coefficient (Wildman–Crippen LogP) is 6.16. The van der Waals surface area contributed by atoms with E-state index in [-0.39, 0.29) is 5.56 Å². The van der Waals surface area contributed by atoms with Crippen LogP contribution in [-0.4, -0.2) is 17.5 Å². The van der Waals surface area contributed by atoms with Gasteiger partial charge in [-0.3, -0.25) is 9.20 Å². The minimum atomic E-state index is -0.0123. The van der Waals surface area contributed by atoms with Gasteiger partial charge in [0.15, 0.2) is 0 Å². The summed E-state index contributed by atoms with van der Waals surface area (Å²) < 4.78 is 1.88. The number of benzene rings is 1. The lowest BCUT2D eigenvalue weighted by Crippen LogP contribution is -2.28. The van der Waals surface area contributed by atoms with Crippen molar-refractivity contribution >= 4 is 17.3 Å². The molecule has 0 aliphatic carbocycles. The summed E-state index contributed by atoms with van der Waals surface area (Å²) in [5, 5.41) is 0. The normalized spacial score (nSPS) is 11.1. The van der Waals surface area contributed by atoms with Crippen molar-refractivity contribution in [2.75, 3.05) is 18.0 Å². The third-order valence-electron chi connectivity index (χ3n) is 5.48. The van der Waals surface area contributed by atoms with Crippen LogP contribution in [-0.2, 0) is 0 Å². The Labute approximate surface area is 174 Å². The van der Waals surface area contributed by atoms with Crippen LogP contribution in [0.5, 0.6) is 0 Å². The average molecular weight is 389 g/mol. The van der Waals surface area contributed by atoms with E-state index in [0.29, 0.717) is 5.56 Å². The monoisotopic (exact) mass is 388 g/mol. The fourth-order valence-corrected chi connectivity index (χ4v) is 4.41. The topological polar surface area (TPSA) is 24.7 Å². The molecule has 152 valence electrons. The summed E-state index contributed by atoms with van der Waals surface area (Å²) in [5.41, 5.74) is 8.38. The van der Waals surface area contributed by atoms with Gasteiger partial charge in [0, 0.05) is 24.2 Å². The molecule has 0 saturated heterocycles. The number of hydrogen-bond donors (Lipinski definition) is 0. The summed E-state index contributed by atoms with van der Waals surface area (Å²) >= 11 is 0. The number of hydrogen-bond acceptors (Lipinski definition) is 2. The van der Waals surface area contributed by atoms with Gasteiger partial charge in [0.25, 0.3) is 5.56 Å². The van der Waals surface area contributed by atoms with E-state index in [4.69, 9.17) is 0 Å². The quantitative estimate of drug-likeness (QED) is 0.484. The van der Waals surface area contributed by atoms with Crippen LogP contribution < -0.4 is 10.5 Å². The van der Waals surface area contributed by atoms with Gasteiger partial charge in [-0.05, 0) is 62.9 Å². The maximum Gasteiger partial charge on any atom is 0.262 e. The molecule has 0 unspecified atom stereocenters. The molecule has 0 atom stereocenters. The minimum Gasteiger partial charge on any atom is -0.370 e. The zero-order valence-electron chi connectivity index (χ0n) is 18.4. The number of anilines is 1. The molecule has 0 N–H and O–H groups in total. The maximum atomic E-state index is 13.4. The van der Waals surface area contributed by atoms with Crippen molar-refractivity contribution in [2.45, 2.75) is 47.5 Å². The highest BCUT2D eigenvalue weighted by Crippen LogP contribution is 2.31. The Balaban J connectivity index is 2.43. The molecule has 3 rings (SSSR count). The lowest BCUT2D eigenvalue weighted by molar-refractivity contribution is 0.745. The molecule has 0 saturated carbocycles. The lowest BCUT2D eigenvalue weighted by atomic mass is 9.96. The summed E-state index contributed by atoms with van der Waals surface area (Å²) in [7, 11) is 0. The summed E-state index contributed by atoms with van der Waals surface area (Å²) in [4.78, 5) is 15.8. The lowest BCUT2D eigenvalue weighted by Gasteiger charge is -2.27. The second-order valence-corrected chi connectivity index (χ2v) is 7.89. The number of pyridine rings is 2. The predicted molar refractivity (Wildman–Crippen MR) is 126 cm³/mol. The number of nitrogens with zero attached hydrogens (tertiary/aromatic N) is 2. The van der Waals surface area contributed by atoms with E-state index in [1.807, 2.05) is 10.5 Å². The van der Waals surface area contributed by atoms with E-state index in [1.54, 1.807) is 6.08 Å². The van der Waals surface area contributed by atoms with Gasteiger partial charge in [0.1, 0.15) is 0 Å². The number of aryl methyl sites for hydroxylation is 3. The molecular formula is C26H32N2O. The smallest absolute Gasteiger partial charge is 0.262 e. The Kier molecular flexibility index (Phi) is 6.26. The zero-order chi connectivity index (χ0) is 21.1. The molecule has 3 heteroatoms. The van der Waals surface area contributed by atoms with E-state index in [1.165, 1.54) is 16.7 Å². The molecular weight excluding hydrogens is 356 g/mol. The molecule has 0 fully saturated rings. The molecule has 0 spiro atoms. The maximum absolute atomic E-state index is 13.4. The van der Waals surface area contributed by atoms with Crippen LogP contribution in [0.4, 0.5) is 5.69 Å². The second kappa shape index (κ2) is 8.69. The highest BCUT2D eigenvalue weighted by atomic mass is 16.1. The van der Waals surface area contributed by atoms with Gasteiger partial charge >= 0.3 is 0 Å². The van der Waals surface area contributed by atoms with Crippen molar-refractivity contribution in [1.29, 1.82) is 0 Å². The van der Waals surface area contributed by atoms with E-state index in [0.717, 1.165) is 48.4 Å². The van der Waals surface area contributed by atoms with E-state index >= 15 is 0 Å². The molecule has 0 bridgehead atoms. The van der Waals surface area contributed by atoms with Gasteiger partial charge in [-0.2, -0.15) is 0 Å². The SMILES string of the molecule is C=Cc1cc(N(CCC)CCC)c2cccc(-c3c(C)cc(C)cc3C)n2c1=O. The van der Waals surface area contributed by atoms with Crippen LogP contribution in [0.25, 0.3) is 22.9 Å².